The maximum absolute atomic E-state index is 12.7. The first-order chi connectivity index (χ1) is 15.0. The highest BCUT2D eigenvalue weighted by Gasteiger charge is 2.14. The van der Waals surface area contributed by atoms with Crippen LogP contribution in [-0.2, 0) is 6.42 Å². The van der Waals surface area contributed by atoms with Gasteiger partial charge in [-0.05, 0) is 49.9 Å². The molecule has 0 aliphatic carbocycles. The minimum atomic E-state index is -0.350. The normalized spacial score (nSPS) is 11.4. The molecule has 31 heavy (non-hydrogen) atoms. The van der Waals surface area contributed by atoms with Crippen LogP contribution in [0.15, 0.2) is 63.1 Å². The molecule has 0 fully saturated rings. The molecule has 0 unspecified atom stereocenters. The van der Waals surface area contributed by atoms with Gasteiger partial charge in [0.1, 0.15) is 10.6 Å². The van der Waals surface area contributed by atoms with Gasteiger partial charge in [0.05, 0.1) is 11.3 Å². The lowest BCUT2D eigenvalue weighted by atomic mass is 10.0. The van der Waals surface area contributed by atoms with Crippen molar-refractivity contribution in [3.8, 4) is 21.8 Å². The molecule has 0 aliphatic heterocycles. The third-order valence-electron chi connectivity index (χ3n) is 5.48. The van der Waals surface area contributed by atoms with E-state index in [4.69, 9.17) is 9.40 Å². The zero-order valence-electron chi connectivity index (χ0n) is 18.5. The van der Waals surface area contributed by atoms with E-state index in [1.54, 1.807) is 0 Å². The summed E-state index contributed by atoms with van der Waals surface area (Å²) in [5, 5.41) is 3.59. The van der Waals surface area contributed by atoms with Crippen LogP contribution in [0.3, 0.4) is 0 Å². The standard InChI is InChI=1S/C26H28N2O2S/c1-5-28(6-2)21-12-11-20-14-22(26(29)30-24(20)15-21)25-27-23(16-31-25)19-9-7-18(8-10-19)13-17(3)4/h7-12,14-17H,5-6,13H2,1-4H3. The summed E-state index contributed by atoms with van der Waals surface area (Å²) in [6, 6.07) is 16.4. The van der Waals surface area contributed by atoms with Gasteiger partial charge in [-0.3, -0.25) is 0 Å². The van der Waals surface area contributed by atoms with E-state index >= 15 is 0 Å². The second-order valence-corrected chi connectivity index (χ2v) is 9.03. The first-order valence-corrected chi connectivity index (χ1v) is 11.7. The molecule has 160 valence electrons. The molecule has 0 atom stereocenters. The first-order valence-electron chi connectivity index (χ1n) is 10.9. The van der Waals surface area contributed by atoms with Gasteiger partial charge in [-0.1, -0.05) is 38.1 Å². The Balaban J connectivity index is 1.65. The number of thiazole rings is 1. The minimum absolute atomic E-state index is 0.350. The fourth-order valence-corrected chi connectivity index (χ4v) is 4.68. The number of nitrogens with zero attached hydrogens (tertiary/aromatic N) is 2. The smallest absolute Gasteiger partial charge is 0.346 e. The first kappa shape index (κ1) is 21.3. The van der Waals surface area contributed by atoms with Crippen LogP contribution in [0.4, 0.5) is 5.69 Å². The summed E-state index contributed by atoms with van der Waals surface area (Å²) < 4.78 is 5.68. The van der Waals surface area contributed by atoms with Crippen molar-refractivity contribution >= 4 is 28.0 Å². The van der Waals surface area contributed by atoms with Gasteiger partial charge in [0.2, 0.25) is 0 Å². The molecule has 0 spiro atoms. The number of fused-ring (bicyclic) bond motifs is 1. The summed E-state index contributed by atoms with van der Waals surface area (Å²) >= 11 is 1.47. The Morgan fingerprint density at radius 2 is 1.77 bits per heavy atom. The second kappa shape index (κ2) is 9.06. The summed E-state index contributed by atoms with van der Waals surface area (Å²) in [4.78, 5) is 19.7. The molecule has 0 radical (unpaired) electrons. The van der Waals surface area contributed by atoms with Crippen molar-refractivity contribution in [2.24, 2.45) is 5.92 Å². The van der Waals surface area contributed by atoms with Crippen molar-refractivity contribution < 1.29 is 4.42 Å². The zero-order chi connectivity index (χ0) is 22.0. The van der Waals surface area contributed by atoms with E-state index in [0.717, 1.165) is 41.8 Å². The molecule has 2 aromatic heterocycles. The van der Waals surface area contributed by atoms with Crippen LogP contribution in [0.1, 0.15) is 33.3 Å². The van der Waals surface area contributed by atoms with Crippen molar-refractivity contribution in [2.45, 2.75) is 34.1 Å². The van der Waals surface area contributed by atoms with Crippen molar-refractivity contribution in [1.29, 1.82) is 0 Å². The van der Waals surface area contributed by atoms with Crippen LogP contribution in [0.5, 0.6) is 0 Å². The van der Waals surface area contributed by atoms with Crippen LogP contribution in [0.2, 0.25) is 0 Å². The summed E-state index contributed by atoms with van der Waals surface area (Å²) in [6.07, 6.45) is 1.07. The quantitative estimate of drug-likeness (QED) is 0.308. The van der Waals surface area contributed by atoms with E-state index in [9.17, 15) is 4.79 Å². The van der Waals surface area contributed by atoms with Crippen molar-refractivity contribution in [3.05, 3.63) is 69.9 Å². The lowest BCUT2D eigenvalue weighted by Gasteiger charge is -2.20. The predicted octanol–water partition coefficient (Wildman–Crippen LogP) is 6.63. The van der Waals surface area contributed by atoms with Crippen molar-refractivity contribution in [3.63, 3.8) is 0 Å². The Morgan fingerprint density at radius 3 is 2.45 bits per heavy atom. The SMILES string of the molecule is CCN(CC)c1ccc2cc(-c3nc(-c4ccc(CC(C)C)cc4)cs3)c(=O)oc2c1. The number of aromatic nitrogens is 1. The Kier molecular flexibility index (Phi) is 6.23. The van der Waals surface area contributed by atoms with Crippen molar-refractivity contribution in [2.75, 3.05) is 18.0 Å². The lowest BCUT2D eigenvalue weighted by Crippen LogP contribution is -2.21. The molecular weight excluding hydrogens is 404 g/mol. The maximum atomic E-state index is 12.7. The molecule has 2 aromatic carbocycles. The summed E-state index contributed by atoms with van der Waals surface area (Å²) in [7, 11) is 0. The molecule has 0 N–H and O–H groups in total. The molecule has 0 bridgehead atoms. The topological polar surface area (TPSA) is 46.3 Å². The molecule has 4 nitrogen and oxygen atoms in total. The van der Waals surface area contributed by atoms with E-state index in [0.29, 0.717) is 22.1 Å². The third kappa shape index (κ3) is 4.57. The van der Waals surface area contributed by atoms with Gasteiger partial charge >= 0.3 is 5.63 Å². The van der Waals surface area contributed by atoms with E-state index in [-0.39, 0.29) is 5.63 Å². The molecular formula is C26H28N2O2S. The fraction of sp³-hybridized carbons (Fsp3) is 0.308. The Labute approximate surface area is 187 Å². The van der Waals surface area contributed by atoms with Gasteiger partial charge in [-0.25, -0.2) is 9.78 Å². The largest absolute Gasteiger partial charge is 0.422 e. The zero-order valence-corrected chi connectivity index (χ0v) is 19.3. The summed E-state index contributed by atoms with van der Waals surface area (Å²) in [5.74, 6) is 0.631. The van der Waals surface area contributed by atoms with Crippen LogP contribution in [-0.4, -0.2) is 18.1 Å². The molecule has 0 saturated heterocycles. The van der Waals surface area contributed by atoms with Crippen LogP contribution in [0, 0.1) is 5.92 Å². The van der Waals surface area contributed by atoms with Crippen molar-refractivity contribution in [1.82, 2.24) is 4.98 Å². The van der Waals surface area contributed by atoms with Gasteiger partial charge in [0.25, 0.3) is 0 Å². The molecule has 0 saturated carbocycles. The number of benzene rings is 2. The van der Waals surface area contributed by atoms with E-state index in [1.165, 1.54) is 16.9 Å². The molecule has 4 aromatic rings. The van der Waals surface area contributed by atoms with Gasteiger partial charge in [-0.15, -0.1) is 11.3 Å². The molecule has 4 rings (SSSR count). The summed E-state index contributed by atoms with van der Waals surface area (Å²) in [5.41, 5.74) is 5.10. The Morgan fingerprint density at radius 1 is 1.03 bits per heavy atom. The lowest BCUT2D eigenvalue weighted by molar-refractivity contribution is 0.563. The van der Waals surface area contributed by atoms with Gasteiger partial charge in [-0.2, -0.15) is 0 Å². The van der Waals surface area contributed by atoms with Crippen LogP contribution in [0.25, 0.3) is 32.8 Å². The van der Waals surface area contributed by atoms with Crippen LogP contribution >= 0.6 is 11.3 Å². The van der Waals surface area contributed by atoms with Gasteiger partial charge < -0.3 is 9.32 Å². The predicted molar refractivity (Wildman–Crippen MR) is 131 cm³/mol. The summed E-state index contributed by atoms with van der Waals surface area (Å²) in [6.45, 7) is 10.5. The fourth-order valence-electron chi connectivity index (χ4n) is 3.85. The van der Waals surface area contributed by atoms with E-state index in [1.807, 2.05) is 23.6 Å². The Hall–Kier alpha value is -2.92. The van der Waals surface area contributed by atoms with Crippen LogP contribution < -0.4 is 10.5 Å². The third-order valence-corrected chi connectivity index (χ3v) is 6.35. The van der Waals surface area contributed by atoms with Gasteiger partial charge in [0.15, 0.2) is 0 Å². The highest BCUT2D eigenvalue weighted by atomic mass is 32.1. The molecule has 0 aliphatic rings. The highest BCUT2D eigenvalue weighted by Crippen LogP contribution is 2.30. The van der Waals surface area contributed by atoms with E-state index in [2.05, 4.69) is 62.9 Å². The monoisotopic (exact) mass is 432 g/mol. The second-order valence-electron chi connectivity index (χ2n) is 8.17. The average Bonchev–Trinajstić information content (AvgIpc) is 3.24. The molecule has 0 amide bonds. The highest BCUT2D eigenvalue weighted by molar-refractivity contribution is 7.13. The minimum Gasteiger partial charge on any atom is -0.422 e. The van der Waals surface area contributed by atoms with Gasteiger partial charge in [0, 0.05) is 41.2 Å². The molecule has 2 heterocycles. The molecule has 5 heteroatoms. The van der Waals surface area contributed by atoms with E-state index < -0.39 is 0 Å². The maximum Gasteiger partial charge on any atom is 0.346 e. The number of hydrogen-bond donors (Lipinski definition) is 0. The number of rotatable bonds is 7. The Bertz CT molecular complexity index is 1230. The number of anilines is 1. The average molecular weight is 433 g/mol. The number of hydrogen-bond acceptors (Lipinski definition) is 5.